The summed E-state index contributed by atoms with van der Waals surface area (Å²) in [4.78, 5) is 23.8. The van der Waals surface area contributed by atoms with Crippen molar-refractivity contribution < 1.29 is 19.4 Å². The smallest absolute Gasteiger partial charge is 0.306 e. The van der Waals surface area contributed by atoms with E-state index in [2.05, 4.69) is 26.0 Å². The zero-order valence-corrected chi connectivity index (χ0v) is 15.7. The number of hydrogen-bond donors (Lipinski definition) is 1. The molecule has 5 aliphatic rings. The molecule has 7 atom stereocenters. The van der Waals surface area contributed by atoms with Crippen molar-refractivity contribution in [2.75, 3.05) is 0 Å². The first kappa shape index (κ1) is 16.7. The fourth-order valence-corrected chi connectivity index (χ4v) is 7.41. The van der Waals surface area contributed by atoms with E-state index in [1.165, 1.54) is 0 Å². The number of rotatable bonds is 0. The Morgan fingerprint density at radius 3 is 2.69 bits per heavy atom. The largest absolute Gasteiger partial charge is 0.458 e. The van der Waals surface area contributed by atoms with Gasteiger partial charge in [0, 0.05) is 24.2 Å². The molecule has 0 amide bonds. The highest BCUT2D eigenvalue weighted by molar-refractivity contribution is 5.92. The van der Waals surface area contributed by atoms with Crippen molar-refractivity contribution in [1.82, 2.24) is 0 Å². The molecule has 1 N–H and O–H groups in total. The van der Waals surface area contributed by atoms with Gasteiger partial charge >= 0.3 is 5.97 Å². The summed E-state index contributed by atoms with van der Waals surface area (Å²) in [6.07, 6.45) is 11.1. The Morgan fingerprint density at radius 2 is 1.96 bits per heavy atom. The fourth-order valence-electron chi connectivity index (χ4n) is 7.41. The standard InChI is InChI=1S/C22H28O4/c1-20-8-5-14(23)11-13(20)3-4-15-16-6-9-22(10-7-18(25)26-22)21(16,2)12-17(24)19(15)20/h3-4,11,15-17,19,24H,5-10,12H2,1-2H3/t15?,16?,17-,19?,20?,21?,22-/m1/s1. The van der Waals surface area contributed by atoms with Crippen molar-refractivity contribution in [2.45, 2.75) is 70.5 Å². The normalized spacial score (nSPS) is 52.3. The van der Waals surface area contributed by atoms with E-state index in [4.69, 9.17) is 4.74 Å². The van der Waals surface area contributed by atoms with Crippen LogP contribution < -0.4 is 0 Å². The summed E-state index contributed by atoms with van der Waals surface area (Å²) in [5.41, 5.74) is 0.425. The number of carbonyl (C=O) groups is 2. The van der Waals surface area contributed by atoms with Crippen LogP contribution in [0.25, 0.3) is 0 Å². The van der Waals surface area contributed by atoms with Crippen molar-refractivity contribution in [1.29, 1.82) is 0 Å². The maximum atomic E-state index is 11.9. The lowest BCUT2D eigenvalue weighted by Gasteiger charge is -2.58. The highest BCUT2D eigenvalue weighted by Gasteiger charge is 2.68. The second-order valence-corrected chi connectivity index (χ2v) is 9.75. The van der Waals surface area contributed by atoms with Gasteiger partial charge in [-0.25, -0.2) is 0 Å². The van der Waals surface area contributed by atoms with Crippen molar-refractivity contribution in [3.8, 4) is 0 Å². The Kier molecular flexibility index (Phi) is 3.28. The quantitative estimate of drug-likeness (QED) is 0.676. The van der Waals surface area contributed by atoms with Crippen LogP contribution >= 0.6 is 0 Å². The van der Waals surface area contributed by atoms with E-state index in [-0.39, 0.29) is 40.0 Å². The van der Waals surface area contributed by atoms with Crippen molar-refractivity contribution in [3.63, 3.8) is 0 Å². The summed E-state index contributed by atoms with van der Waals surface area (Å²) in [5, 5.41) is 11.3. The van der Waals surface area contributed by atoms with E-state index in [9.17, 15) is 14.7 Å². The van der Waals surface area contributed by atoms with Crippen molar-refractivity contribution in [2.24, 2.45) is 28.6 Å². The molecule has 1 saturated heterocycles. The first-order chi connectivity index (χ1) is 12.3. The zero-order chi connectivity index (χ0) is 18.3. The highest BCUT2D eigenvalue weighted by atomic mass is 16.6. The molecule has 0 aromatic heterocycles. The summed E-state index contributed by atoms with van der Waals surface area (Å²) < 4.78 is 5.93. The second-order valence-electron chi connectivity index (χ2n) is 9.75. The Labute approximate surface area is 154 Å². The molecule has 5 unspecified atom stereocenters. The molecule has 5 rings (SSSR count). The van der Waals surface area contributed by atoms with E-state index >= 15 is 0 Å². The third-order valence-electron chi connectivity index (χ3n) is 8.79. The Balaban J connectivity index is 1.58. The van der Waals surface area contributed by atoms with Gasteiger partial charge in [-0.15, -0.1) is 0 Å². The summed E-state index contributed by atoms with van der Waals surface area (Å²) in [5.74, 6) is 0.989. The molecule has 1 heterocycles. The van der Waals surface area contributed by atoms with E-state index in [1.54, 1.807) is 6.08 Å². The fraction of sp³-hybridized carbons (Fsp3) is 0.727. The third kappa shape index (κ3) is 1.89. The van der Waals surface area contributed by atoms with Crippen molar-refractivity contribution in [3.05, 3.63) is 23.8 Å². The van der Waals surface area contributed by atoms with Gasteiger partial charge in [0.1, 0.15) is 5.60 Å². The number of ketones is 1. The molecule has 1 spiro atoms. The molecule has 0 radical (unpaired) electrons. The SMILES string of the molecule is CC12CCC(=O)C=C1C=CC1C2[C@H](O)CC2(C)C1CC[C@@]21CCC(=O)O1. The van der Waals surface area contributed by atoms with Crippen LogP contribution in [0.15, 0.2) is 23.8 Å². The van der Waals surface area contributed by atoms with Gasteiger partial charge in [0.05, 0.1) is 6.10 Å². The number of carbonyl (C=O) groups excluding carboxylic acids is 2. The minimum Gasteiger partial charge on any atom is -0.458 e. The van der Waals surface area contributed by atoms with Crippen LogP contribution in [0.4, 0.5) is 0 Å². The van der Waals surface area contributed by atoms with Crippen LogP contribution in [0.1, 0.15) is 58.8 Å². The zero-order valence-electron chi connectivity index (χ0n) is 15.7. The van der Waals surface area contributed by atoms with Crippen LogP contribution in [0.3, 0.4) is 0 Å². The molecule has 1 aliphatic heterocycles. The molecule has 4 aliphatic carbocycles. The van der Waals surface area contributed by atoms with Crippen LogP contribution in [0.2, 0.25) is 0 Å². The molecule has 0 aromatic rings. The number of ether oxygens (including phenoxy) is 1. The van der Waals surface area contributed by atoms with E-state index in [0.29, 0.717) is 25.2 Å². The topological polar surface area (TPSA) is 63.6 Å². The Morgan fingerprint density at radius 1 is 1.15 bits per heavy atom. The monoisotopic (exact) mass is 356 g/mol. The molecule has 26 heavy (non-hydrogen) atoms. The van der Waals surface area contributed by atoms with Gasteiger partial charge in [0.2, 0.25) is 0 Å². The lowest BCUT2D eigenvalue weighted by Crippen LogP contribution is -2.58. The third-order valence-corrected chi connectivity index (χ3v) is 8.79. The van der Waals surface area contributed by atoms with Gasteiger partial charge in [-0.05, 0) is 61.0 Å². The van der Waals surface area contributed by atoms with Crippen LogP contribution in [0.5, 0.6) is 0 Å². The predicted octanol–water partition coefficient (Wildman–Crippen LogP) is 3.34. The summed E-state index contributed by atoms with van der Waals surface area (Å²) >= 11 is 0. The summed E-state index contributed by atoms with van der Waals surface area (Å²) in [6.45, 7) is 4.48. The molecule has 4 nitrogen and oxygen atoms in total. The molecule has 3 fully saturated rings. The van der Waals surface area contributed by atoms with Gasteiger partial charge in [0.15, 0.2) is 5.78 Å². The Hall–Kier alpha value is -1.42. The predicted molar refractivity (Wildman–Crippen MR) is 96.1 cm³/mol. The average Bonchev–Trinajstić information content (AvgIpc) is 3.09. The van der Waals surface area contributed by atoms with Crippen molar-refractivity contribution >= 4 is 11.8 Å². The van der Waals surface area contributed by atoms with Crippen LogP contribution in [-0.4, -0.2) is 28.6 Å². The number of allylic oxidation sites excluding steroid dienone is 4. The molecular formula is C22H28O4. The number of aliphatic hydroxyl groups is 1. The van der Waals surface area contributed by atoms with Crippen LogP contribution in [0, 0.1) is 28.6 Å². The minimum absolute atomic E-state index is 0.0781. The number of esters is 1. The first-order valence-electron chi connectivity index (χ1n) is 10.1. The van der Waals surface area contributed by atoms with Gasteiger partial charge in [-0.2, -0.15) is 0 Å². The van der Waals surface area contributed by atoms with E-state index in [0.717, 1.165) is 31.3 Å². The molecule has 2 saturated carbocycles. The summed E-state index contributed by atoms with van der Waals surface area (Å²) in [6, 6.07) is 0. The highest BCUT2D eigenvalue weighted by Crippen LogP contribution is 2.68. The maximum Gasteiger partial charge on any atom is 0.306 e. The van der Waals surface area contributed by atoms with Crippen LogP contribution in [-0.2, 0) is 14.3 Å². The van der Waals surface area contributed by atoms with Gasteiger partial charge in [-0.3, -0.25) is 9.59 Å². The molecule has 140 valence electrons. The van der Waals surface area contributed by atoms with Gasteiger partial charge in [-0.1, -0.05) is 26.0 Å². The average molecular weight is 356 g/mol. The summed E-state index contributed by atoms with van der Waals surface area (Å²) in [7, 11) is 0. The number of hydrogen-bond acceptors (Lipinski definition) is 4. The molecular weight excluding hydrogens is 328 g/mol. The van der Waals surface area contributed by atoms with E-state index < -0.39 is 6.10 Å². The van der Waals surface area contributed by atoms with Gasteiger partial charge < -0.3 is 9.84 Å². The number of fused-ring (bicyclic) bond motifs is 6. The minimum atomic E-state index is -0.429. The molecule has 0 bridgehead atoms. The number of aliphatic hydroxyl groups excluding tert-OH is 1. The lowest BCUT2D eigenvalue weighted by atomic mass is 9.47. The Bertz CT molecular complexity index is 751. The molecule has 0 aromatic carbocycles. The van der Waals surface area contributed by atoms with Gasteiger partial charge in [0.25, 0.3) is 0 Å². The first-order valence-corrected chi connectivity index (χ1v) is 10.1. The maximum absolute atomic E-state index is 11.9. The molecule has 4 heteroatoms. The second kappa shape index (κ2) is 5.09. The lowest BCUT2D eigenvalue weighted by molar-refractivity contribution is -0.177. The van der Waals surface area contributed by atoms with E-state index in [1.807, 2.05) is 0 Å².